The van der Waals surface area contributed by atoms with Crippen LogP contribution in [0.25, 0.3) is 0 Å². The van der Waals surface area contributed by atoms with Gasteiger partial charge in [-0.2, -0.15) is 0 Å². The molecule has 0 aliphatic carbocycles. The highest BCUT2D eigenvalue weighted by molar-refractivity contribution is 9.10. The lowest BCUT2D eigenvalue weighted by Crippen LogP contribution is -2.05. The Morgan fingerprint density at radius 2 is 2.31 bits per heavy atom. The van der Waals surface area contributed by atoms with Gasteiger partial charge in [-0.15, -0.1) is 0 Å². The van der Waals surface area contributed by atoms with Gasteiger partial charge in [-0.05, 0) is 25.1 Å². The topological polar surface area (TPSA) is 29.5 Å². The van der Waals surface area contributed by atoms with Crippen LogP contribution in [0, 0.1) is 5.82 Å². The predicted molar refractivity (Wildman–Crippen MR) is 50.7 cm³/mol. The number of halogens is 2. The maximum atomic E-state index is 13.1. The van der Waals surface area contributed by atoms with Gasteiger partial charge in [0.25, 0.3) is 0 Å². The molecule has 1 atom stereocenters. The minimum Gasteiger partial charge on any atom is -0.364 e. The zero-order valence-corrected chi connectivity index (χ0v) is 8.71. The normalized spacial score (nSPS) is 12.9. The summed E-state index contributed by atoms with van der Waals surface area (Å²) in [6.07, 6.45) is -1.19. The molecule has 1 N–H and O–H groups in total. The van der Waals surface area contributed by atoms with E-state index in [-0.39, 0.29) is 5.56 Å². The molecule has 0 fully saturated rings. The van der Waals surface area contributed by atoms with Crippen LogP contribution >= 0.6 is 15.9 Å². The molecule has 0 bridgehead atoms. The molecule has 0 saturated heterocycles. The average Bonchev–Trinajstić information content (AvgIpc) is 2.09. The van der Waals surface area contributed by atoms with Crippen molar-refractivity contribution >= 4 is 15.9 Å². The van der Waals surface area contributed by atoms with E-state index in [1.807, 2.05) is 0 Å². The fraction of sp³-hybridized carbons (Fsp3) is 0.333. The monoisotopic (exact) mass is 248 g/mol. The van der Waals surface area contributed by atoms with Crippen LogP contribution in [0.2, 0.25) is 0 Å². The van der Waals surface area contributed by atoms with Crippen LogP contribution < -0.4 is 0 Å². The van der Waals surface area contributed by atoms with Gasteiger partial charge in [-0.25, -0.2) is 4.39 Å². The minimum atomic E-state index is -1.19. The molecule has 1 unspecified atom stereocenters. The molecule has 1 rings (SSSR count). The molecule has 72 valence electrons. The Labute approximate surface area is 84.5 Å². The van der Waals surface area contributed by atoms with Crippen LogP contribution in [0.5, 0.6) is 0 Å². The van der Waals surface area contributed by atoms with Gasteiger partial charge < -0.3 is 9.84 Å². The number of hydrogen-bond donors (Lipinski definition) is 1. The Balaban J connectivity index is 2.91. The van der Waals surface area contributed by atoms with E-state index in [0.29, 0.717) is 11.1 Å². The van der Waals surface area contributed by atoms with Crippen LogP contribution in [0.4, 0.5) is 4.39 Å². The lowest BCUT2D eigenvalue weighted by atomic mass is 10.2. The van der Waals surface area contributed by atoms with Crippen molar-refractivity contribution in [2.24, 2.45) is 0 Å². The van der Waals surface area contributed by atoms with E-state index in [1.165, 1.54) is 12.1 Å². The molecule has 0 saturated carbocycles. The summed E-state index contributed by atoms with van der Waals surface area (Å²) in [7, 11) is 0. The zero-order valence-electron chi connectivity index (χ0n) is 7.13. The molecular weight excluding hydrogens is 239 g/mol. The highest BCUT2D eigenvalue weighted by Gasteiger charge is 2.12. The van der Waals surface area contributed by atoms with Gasteiger partial charge in [0.15, 0.2) is 6.29 Å². The van der Waals surface area contributed by atoms with E-state index >= 15 is 0 Å². The van der Waals surface area contributed by atoms with Gasteiger partial charge in [0.1, 0.15) is 5.82 Å². The van der Waals surface area contributed by atoms with Crippen molar-refractivity contribution in [3.8, 4) is 0 Å². The predicted octanol–water partition coefficient (Wildman–Crippen LogP) is 2.62. The first-order chi connectivity index (χ1) is 6.15. The molecule has 0 heterocycles. The first-order valence-electron chi connectivity index (χ1n) is 3.89. The van der Waals surface area contributed by atoms with Gasteiger partial charge in [0.05, 0.1) is 0 Å². The molecule has 0 aromatic heterocycles. The number of aliphatic hydroxyl groups is 1. The number of ether oxygens (including phenoxy) is 1. The van der Waals surface area contributed by atoms with Crippen molar-refractivity contribution in [1.29, 1.82) is 0 Å². The molecule has 1 aromatic carbocycles. The highest BCUT2D eigenvalue weighted by Crippen LogP contribution is 2.22. The van der Waals surface area contributed by atoms with Crippen molar-refractivity contribution < 1.29 is 14.2 Å². The second kappa shape index (κ2) is 4.69. The van der Waals surface area contributed by atoms with Crippen LogP contribution in [0.15, 0.2) is 22.7 Å². The zero-order chi connectivity index (χ0) is 9.84. The van der Waals surface area contributed by atoms with Crippen LogP contribution in [0.3, 0.4) is 0 Å². The van der Waals surface area contributed by atoms with E-state index in [4.69, 9.17) is 4.74 Å². The van der Waals surface area contributed by atoms with E-state index in [0.717, 1.165) is 0 Å². The molecule has 0 radical (unpaired) electrons. The second-order valence-electron chi connectivity index (χ2n) is 2.47. The molecule has 0 amide bonds. The largest absolute Gasteiger partial charge is 0.364 e. The fourth-order valence-corrected chi connectivity index (χ4v) is 1.33. The Hall–Kier alpha value is -0.450. The third-order valence-electron chi connectivity index (χ3n) is 1.55. The number of benzene rings is 1. The summed E-state index contributed by atoms with van der Waals surface area (Å²) < 4.78 is 18.7. The number of hydrogen-bond acceptors (Lipinski definition) is 2. The Morgan fingerprint density at radius 1 is 1.62 bits per heavy atom. The highest BCUT2D eigenvalue weighted by atomic mass is 79.9. The molecule has 0 aliphatic heterocycles. The summed E-state index contributed by atoms with van der Waals surface area (Å²) in [5.41, 5.74) is 0.149. The van der Waals surface area contributed by atoms with Crippen LogP contribution in [-0.2, 0) is 4.74 Å². The van der Waals surface area contributed by atoms with Crippen LogP contribution in [-0.4, -0.2) is 11.7 Å². The molecule has 0 aliphatic rings. The molecule has 2 nitrogen and oxygen atoms in total. The molecule has 13 heavy (non-hydrogen) atoms. The van der Waals surface area contributed by atoms with Gasteiger partial charge in [0, 0.05) is 16.6 Å². The summed E-state index contributed by atoms with van der Waals surface area (Å²) in [5, 5.41) is 9.34. The lowest BCUT2D eigenvalue weighted by Gasteiger charge is -2.11. The average molecular weight is 249 g/mol. The van der Waals surface area contributed by atoms with Crippen molar-refractivity contribution in [3.05, 3.63) is 34.1 Å². The van der Waals surface area contributed by atoms with Gasteiger partial charge >= 0.3 is 0 Å². The maximum Gasteiger partial charge on any atom is 0.184 e. The summed E-state index contributed by atoms with van der Waals surface area (Å²) in [4.78, 5) is 0. The maximum absolute atomic E-state index is 13.1. The third-order valence-corrected chi connectivity index (χ3v) is 2.04. The van der Waals surface area contributed by atoms with Gasteiger partial charge in [-0.1, -0.05) is 15.9 Å². The molecule has 1 aromatic rings. The number of rotatable bonds is 3. The summed E-state index contributed by atoms with van der Waals surface area (Å²) in [5.74, 6) is -0.468. The lowest BCUT2D eigenvalue weighted by molar-refractivity contribution is -0.0998. The molecule has 4 heteroatoms. The summed E-state index contributed by atoms with van der Waals surface area (Å²) in [6, 6.07) is 4.34. The smallest absolute Gasteiger partial charge is 0.184 e. The summed E-state index contributed by atoms with van der Waals surface area (Å²) in [6.45, 7) is 2.08. The number of aliphatic hydroxyl groups excluding tert-OH is 1. The second-order valence-corrected chi connectivity index (χ2v) is 3.39. The van der Waals surface area contributed by atoms with E-state index in [9.17, 15) is 9.50 Å². The van der Waals surface area contributed by atoms with Crippen molar-refractivity contribution in [3.63, 3.8) is 0 Å². The van der Waals surface area contributed by atoms with Gasteiger partial charge in [-0.3, -0.25) is 0 Å². The Kier molecular flexibility index (Phi) is 3.84. The first kappa shape index (κ1) is 10.6. The van der Waals surface area contributed by atoms with Crippen molar-refractivity contribution in [1.82, 2.24) is 0 Å². The standard InChI is InChI=1S/C9H10BrFO2/c1-2-13-9(12)7-5-6(10)3-4-8(7)11/h3-5,9,12H,2H2,1H3. The fourth-order valence-electron chi connectivity index (χ4n) is 0.952. The summed E-state index contributed by atoms with van der Waals surface area (Å²) >= 11 is 3.18. The van der Waals surface area contributed by atoms with E-state index in [2.05, 4.69) is 15.9 Å². The minimum absolute atomic E-state index is 0.149. The Morgan fingerprint density at radius 3 is 2.92 bits per heavy atom. The van der Waals surface area contributed by atoms with Crippen LogP contribution in [0.1, 0.15) is 18.8 Å². The van der Waals surface area contributed by atoms with Crippen molar-refractivity contribution in [2.45, 2.75) is 13.2 Å². The van der Waals surface area contributed by atoms with E-state index in [1.54, 1.807) is 13.0 Å². The third kappa shape index (κ3) is 2.76. The first-order valence-corrected chi connectivity index (χ1v) is 4.69. The quantitative estimate of drug-likeness (QED) is 0.834. The van der Waals surface area contributed by atoms with E-state index < -0.39 is 12.1 Å². The van der Waals surface area contributed by atoms with Crippen molar-refractivity contribution in [2.75, 3.05) is 6.61 Å². The Bertz CT molecular complexity index is 291. The molecule has 0 spiro atoms. The molecular formula is C9H10BrFO2. The van der Waals surface area contributed by atoms with Gasteiger partial charge in [0.2, 0.25) is 0 Å². The SMILES string of the molecule is CCOC(O)c1cc(Br)ccc1F.